The van der Waals surface area contributed by atoms with Crippen LogP contribution in [0.1, 0.15) is 37.4 Å². The van der Waals surface area contributed by atoms with Gasteiger partial charge < -0.3 is 10.2 Å². The summed E-state index contributed by atoms with van der Waals surface area (Å²) in [4.78, 5) is 14.2. The third kappa shape index (κ3) is 5.13. The van der Waals surface area contributed by atoms with Gasteiger partial charge in [0.15, 0.2) is 0 Å². The predicted molar refractivity (Wildman–Crippen MR) is 95.4 cm³/mol. The third-order valence-electron chi connectivity index (χ3n) is 4.26. The van der Waals surface area contributed by atoms with Gasteiger partial charge in [-0.1, -0.05) is 60.7 Å². The number of nitrogens with zero attached hydrogens (tertiary/aromatic N) is 1. The van der Waals surface area contributed by atoms with E-state index in [1.807, 2.05) is 62.5 Å². The minimum absolute atomic E-state index is 0.0260. The predicted octanol–water partition coefficient (Wildman–Crippen LogP) is 4.41. The zero-order valence-electron chi connectivity index (χ0n) is 14.2. The Hall–Kier alpha value is -2.29. The van der Waals surface area contributed by atoms with Gasteiger partial charge in [-0.05, 0) is 37.8 Å². The van der Waals surface area contributed by atoms with Crippen LogP contribution < -0.4 is 5.32 Å². The van der Waals surface area contributed by atoms with Gasteiger partial charge in [0.05, 0.1) is 6.04 Å². The number of carbonyl (C=O) groups is 1. The van der Waals surface area contributed by atoms with Gasteiger partial charge in [0.1, 0.15) is 0 Å². The topological polar surface area (TPSA) is 32.3 Å². The van der Waals surface area contributed by atoms with Crippen LogP contribution in [0, 0.1) is 0 Å². The Bertz CT molecular complexity index is 598. The van der Waals surface area contributed by atoms with Crippen molar-refractivity contribution in [1.82, 2.24) is 10.2 Å². The van der Waals surface area contributed by atoms with Gasteiger partial charge in [0.2, 0.25) is 0 Å². The Balaban J connectivity index is 1.83. The Morgan fingerprint density at radius 3 is 2.17 bits per heavy atom. The molecule has 2 unspecified atom stereocenters. The molecular weight excluding hydrogens is 284 g/mol. The van der Waals surface area contributed by atoms with Crippen molar-refractivity contribution in [2.45, 2.75) is 38.8 Å². The Labute approximate surface area is 139 Å². The van der Waals surface area contributed by atoms with E-state index in [0.29, 0.717) is 0 Å². The molecule has 0 bridgehead atoms. The molecule has 2 aromatic rings. The number of carbonyl (C=O) groups excluding carboxylic acids is 1. The quantitative estimate of drug-likeness (QED) is 0.842. The molecule has 2 aromatic carbocycles. The van der Waals surface area contributed by atoms with Crippen molar-refractivity contribution >= 4 is 6.03 Å². The molecule has 0 radical (unpaired) electrons. The van der Waals surface area contributed by atoms with Crippen LogP contribution in [0.2, 0.25) is 0 Å². The largest absolute Gasteiger partial charge is 0.336 e. The highest BCUT2D eigenvalue weighted by molar-refractivity contribution is 5.74. The van der Waals surface area contributed by atoms with E-state index in [1.54, 1.807) is 4.90 Å². The minimum atomic E-state index is -0.0260. The second kappa shape index (κ2) is 8.37. The fourth-order valence-corrected chi connectivity index (χ4v) is 2.54. The molecule has 2 rings (SSSR count). The molecule has 2 atom stereocenters. The monoisotopic (exact) mass is 310 g/mol. The molecule has 122 valence electrons. The second-order valence-electron chi connectivity index (χ2n) is 6.07. The van der Waals surface area contributed by atoms with Crippen LogP contribution >= 0.6 is 0 Å². The first-order chi connectivity index (χ1) is 11.1. The number of benzene rings is 2. The van der Waals surface area contributed by atoms with Crippen LogP contribution in [-0.2, 0) is 6.42 Å². The number of amides is 2. The summed E-state index contributed by atoms with van der Waals surface area (Å²) in [5.41, 5.74) is 2.45. The van der Waals surface area contributed by atoms with E-state index in [1.165, 1.54) is 5.56 Å². The van der Waals surface area contributed by atoms with Crippen LogP contribution in [0.5, 0.6) is 0 Å². The van der Waals surface area contributed by atoms with Gasteiger partial charge in [-0.25, -0.2) is 4.79 Å². The average Bonchev–Trinajstić information content (AvgIpc) is 2.60. The van der Waals surface area contributed by atoms with Crippen molar-refractivity contribution in [2.24, 2.45) is 0 Å². The lowest BCUT2D eigenvalue weighted by Gasteiger charge is -2.27. The normalized spacial score (nSPS) is 13.2. The Kier molecular flexibility index (Phi) is 6.21. The number of nitrogens with one attached hydrogen (secondary N) is 1. The summed E-state index contributed by atoms with van der Waals surface area (Å²) in [6.07, 6.45) is 1.91. The molecule has 0 aliphatic heterocycles. The molecular formula is C20H26N2O. The number of hydrogen-bond acceptors (Lipinski definition) is 1. The van der Waals surface area contributed by atoms with E-state index < -0.39 is 0 Å². The summed E-state index contributed by atoms with van der Waals surface area (Å²) in [5.74, 6) is 0. The van der Waals surface area contributed by atoms with Crippen LogP contribution in [0.3, 0.4) is 0 Å². The summed E-state index contributed by atoms with van der Waals surface area (Å²) >= 11 is 0. The standard InChI is InChI=1S/C20H26N2O/c1-16(14-15-18-10-6-4-7-11-18)21-20(23)22(3)17(2)19-12-8-5-9-13-19/h4-13,16-17H,14-15H2,1-3H3,(H,21,23). The van der Waals surface area contributed by atoms with Gasteiger partial charge in [-0.15, -0.1) is 0 Å². The first-order valence-corrected chi connectivity index (χ1v) is 8.20. The van der Waals surface area contributed by atoms with Crippen molar-refractivity contribution in [3.63, 3.8) is 0 Å². The van der Waals surface area contributed by atoms with Crippen LogP contribution in [0.25, 0.3) is 0 Å². The summed E-state index contributed by atoms with van der Waals surface area (Å²) in [5, 5.41) is 3.09. The Morgan fingerprint density at radius 2 is 1.57 bits per heavy atom. The zero-order chi connectivity index (χ0) is 16.7. The Morgan fingerprint density at radius 1 is 1.00 bits per heavy atom. The van der Waals surface area contributed by atoms with Gasteiger partial charge in [0.25, 0.3) is 0 Å². The highest BCUT2D eigenvalue weighted by Crippen LogP contribution is 2.18. The fourth-order valence-electron chi connectivity index (χ4n) is 2.54. The molecule has 0 aliphatic rings. The smallest absolute Gasteiger partial charge is 0.317 e. The molecule has 3 nitrogen and oxygen atoms in total. The molecule has 0 aliphatic carbocycles. The minimum Gasteiger partial charge on any atom is -0.336 e. The van der Waals surface area contributed by atoms with Gasteiger partial charge >= 0.3 is 6.03 Å². The molecule has 3 heteroatoms. The number of urea groups is 1. The summed E-state index contributed by atoms with van der Waals surface area (Å²) in [6, 6.07) is 20.6. The summed E-state index contributed by atoms with van der Waals surface area (Å²) < 4.78 is 0. The van der Waals surface area contributed by atoms with Crippen molar-refractivity contribution in [1.29, 1.82) is 0 Å². The van der Waals surface area contributed by atoms with Crippen LogP contribution in [0.4, 0.5) is 4.79 Å². The molecule has 2 amide bonds. The molecule has 1 N–H and O–H groups in total. The molecule has 0 fully saturated rings. The first kappa shape index (κ1) is 17.1. The highest BCUT2D eigenvalue weighted by atomic mass is 16.2. The van der Waals surface area contributed by atoms with E-state index in [2.05, 4.69) is 24.4 Å². The molecule has 0 spiro atoms. The maximum absolute atomic E-state index is 12.4. The molecule has 0 heterocycles. The summed E-state index contributed by atoms with van der Waals surface area (Å²) in [7, 11) is 1.84. The lowest BCUT2D eigenvalue weighted by atomic mass is 10.1. The number of rotatable bonds is 6. The molecule has 0 aromatic heterocycles. The van der Waals surface area contributed by atoms with Crippen molar-refractivity contribution in [3.8, 4) is 0 Å². The highest BCUT2D eigenvalue weighted by Gasteiger charge is 2.18. The molecule has 0 saturated heterocycles. The SMILES string of the molecule is CC(CCc1ccccc1)NC(=O)N(C)C(C)c1ccccc1. The second-order valence-corrected chi connectivity index (χ2v) is 6.07. The van der Waals surface area contributed by atoms with Crippen LogP contribution in [0.15, 0.2) is 60.7 Å². The lowest BCUT2D eigenvalue weighted by molar-refractivity contribution is 0.190. The fraction of sp³-hybridized carbons (Fsp3) is 0.350. The lowest BCUT2D eigenvalue weighted by Crippen LogP contribution is -2.43. The zero-order valence-corrected chi connectivity index (χ0v) is 14.2. The van der Waals surface area contributed by atoms with E-state index in [4.69, 9.17) is 0 Å². The van der Waals surface area contributed by atoms with E-state index in [0.717, 1.165) is 18.4 Å². The van der Waals surface area contributed by atoms with E-state index >= 15 is 0 Å². The third-order valence-corrected chi connectivity index (χ3v) is 4.26. The number of hydrogen-bond donors (Lipinski definition) is 1. The van der Waals surface area contributed by atoms with Crippen molar-refractivity contribution in [3.05, 3.63) is 71.8 Å². The van der Waals surface area contributed by atoms with Gasteiger partial charge in [-0.3, -0.25) is 0 Å². The average molecular weight is 310 g/mol. The van der Waals surface area contributed by atoms with E-state index in [9.17, 15) is 4.79 Å². The first-order valence-electron chi connectivity index (χ1n) is 8.20. The summed E-state index contributed by atoms with van der Waals surface area (Å²) in [6.45, 7) is 4.10. The molecule has 0 saturated carbocycles. The van der Waals surface area contributed by atoms with Crippen molar-refractivity contribution in [2.75, 3.05) is 7.05 Å². The maximum Gasteiger partial charge on any atom is 0.317 e. The maximum atomic E-state index is 12.4. The van der Waals surface area contributed by atoms with Gasteiger partial charge in [0, 0.05) is 13.1 Å². The van der Waals surface area contributed by atoms with Crippen LogP contribution in [-0.4, -0.2) is 24.0 Å². The number of aryl methyl sites for hydroxylation is 1. The van der Waals surface area contributed by atoms with Crippen molar-refractivity contribution < 1.29 is 4.79 Å². The van der Waals surface area contributed by atoms with Gasteiger partial charge in [-0.2, -0.15) is 0 Å². The van der Waals surface area contributed by atoms with E-state index in [-0.39, 0.29) is 18.1 Å². The molecule has 23 heavy (non-hydrogen) atoms.